The van der Waals surface area contributed by atoms with Crippen LogP contribution in [0.25, 0.3) is 0 Å². The summed E-state index contributed by atoms with van der Waals surface area (Å²) in [5.74, 6) is 0.567. The van der Waals surface area contributed by atoms with E-state index in [4.69, 9.17) is 9.68 Å². The quantitative estimate of drug-likeness (QED) is 0.703. The van der Waals surface area contributed by atoms with Crippen LogP contribution in [0.2, 0.25) is 0 Å². The van der Waals surface area contributed by atoms with Crippen molar-refractivity contribution in [2.75, 3.05) is 34.3 Å². The summed E-state index contributed by atoms with van der Waals surface area (Å²) >= 11 is 0. The van der Waals surface area contributed by atoms with Crippen molar-refractivity contribution in [3.05, 3.63) is 23.2 Å². The van der Waals surface area contributed by atoms with E-state index < -0.39 is 5.97 Å². The Morgan fingerprint density at radius 2 is 2.09 bits per heavy atom. The van der Waals surface area contributed by atoms with Gasteiger partial charge >= 0.3 is 5.97 Å². The minimum Gasteiger partial charge on any atom is -0.465 e. The molecule has 0 spiro atoms. The Morgan fingerprint density at radius 1 is 1.41 bits per heavy atom. The molecule has 7 heteroatoms. The Balaban J connectivity index is 2.58. The van der Waals surface area contributed by atoms with Gasteiger partial charge in [0.1, 0.15) is 17.1 Å². The predicted octanol–water partition coefficient (Wildman–Crippen LogP) is 1.18. The normalized spacial score (nSPS) is 10.4. The molecule has 0 saturated carbocycles. The SMILES string of the molecule is COC(=O)c1cc(CN(C)CC(=O)N(C)CCC#N)oc1C. The highest BCUT2D eigenvalue weighted by molar-refractivity contribution is 5.90. The van der Waals surface area contributed by atoms with Crippen molar-refractivity contribution >= 4 is 11.9 Å². The lowest BCUT2D eigenvalue weighted by Gasteiger charge is -2.20. The van der Waals surface area contributed by atoms with E-state index in [0.717, 1.165) is 0 Å². The van der Waals surface area contributed by atoms with Crippen molar-refractivity contribution in [3.8, 4) is 6.07 Å². The molecule has 1 aromatic heterocycles. The molecule has 0 radical (unpaired) electrons. The molecule has 1 heterocycles. The second-order valence-electron chi connectivity index (χ2n) is 5.07. The van der Waals surface area contributed by atoms with Crippen LogP contribution in [0, 0.1) is 18.3 Å². The fraction of sp³-hybridized carbons (Fsp3) is 0.533. The fourth-order valence-electron chi connectivity index (χ4n) is 1.95. The third-order valence-corrected chi connectivity index (χ3v) is 3.19. The van der Waals surface area contributed by atoms with E-state index in [1.54, 1.807) is 32.0 Å². The van der Waals surface area contributed by atoms with Crippen LogP contribution < -0.4 is 0 Å². The van der Waals surface area contributed by atoms with Gasteiger partial charge in [-0.25, -0.2) is 4.79 Å². The number of furan rings is 1. The lowest BCUT2D eigenvalue weighted by atomic mass is 10.2. The van der Waals surface area contributed by atoms with Crippen LogP contribution in [0.4, 0.5) is 0 Å². The highest BCUT2D eigenvalue weighted by atomic mass is 16.5. The van der Waals surface area contributed by atoms with Crippen LogP contribution >= 0.6 is 0 Å². The van der Waals surface area contributed by atoms with Crippen molar-refractivity contribution in [2.24, 2.45) is 0 Å². The summed E-state index contributed by atoms with van der Waals surface area (Å²) in [7, 11) is 4.77. The Bertz CT molecular complexity index is 574. The molecule has 0 atom stereocenters. The first kappa shape index (κ1) is 17.7. The average molecular weight is 307 g/mol. The lowest BCUT2D eigenvalue weighted by Crippen LogP contribution is -2.36. The molecule has 0 aliphatic carbocycles. The summed E-state index contributed by atoms with van der Waals surface area (Å²) in [6.45, 7) is 2.71. The van der Waals surface area contributed by atoms with Gasteiger partial charge in [-0.05, 0) is 20.0 Å². The Morgan fingerprint density at radius 3 is 2.68 bits per heavy atom. The molecule has 1 amide bonds. The third kappa shape index (κ3) is 4.90. The van der Waals surface area contributed by atoms with Crippen LogP contribution in [0.1, 0.15) is 28.3 Å². The van der Waals surface area contributed by atoms with Gasteiger partial charge in [0.2, 0.25) is 5.91 Å². The number of methoxy groups -OCH3 is 1. The van der Waals surface area contributed by atoms with Crippen LogP contribution in [-0.4, -0.2) is 56.0 Å². The molecule has 0 aliphatic rings. The topological polar surface area (TPSA) is 86.8 Å². The molecule has 0 saturated heterocycles. The molecule has 22 heavy (non-hydrogen) atoms. The molecule has 0 N–H and O–H groups in total. The van der Waals surface area contributed by atoms with Gasteiger partial charge < -0.3 is 14.1 Å². The van der Waals surface area contributed by atoms with E-state index >= 15 is 0 Å². The zero-order valence-corrected chi connectivity index (χ0v) is 13.4. The first-order valence-electron chi connectivity index (χ1n) is 6.86. The summed E-state index contributed by atoms with van der Waals surface area (Å²) in [5.41, 5.74) is 0.392. The second kappa shape index (κ2) is 8.20. The number of hydrogen-bond donors (Lipinski definition) is 0. The van der Waals surface area contributed by atoms with Gasteiger partial charge in [-0.15, -0.1) is 0 Å². The molecule has 1 rings (SSSR count). The van der Waals surface area contributed by atoms with E-state index in [0.29, 0.717) is 36.6 Å². The zero-order valence-electron chi connectivity index (χ0n) is 13.4. The number of esters is 1. The van der Waals surface area contributed by atoms with E-state index in [2.05, 4.69) is 4.74 Å². The highest BCUT2D eigenvalue weighted by Crippen LogP contribution is 2.16. The molecule has 1 aromatic rings. The maximum atomic E-state index is 11.9. The molecule has 0 unspecified atom stereocenters. The van der Waals surface area contributed by atoms with Crippen LogP contribution in [-0.2, 0) is 16.1 Å². The largest absolute Gasteiger partial charge is 0.465 e. The Labute approximate surface area is 130 Å². The number of likely N-dealkylation sites (N-methyl/N-ethyl adjacent to an activating group) is 2. The van der Waals surface area contributed by atoms with Gasteiger partial charge in [-0.3, -0.25) is 9.69 Å². The first-order valence-corrected chi connectivity index (χ1v) is 6.86. The second-order valence-corrected chi connectivity index (χ2v) is 5.07. The summed E-state index contributed by atoms with van der Waals surface area (Å²) in [6.07, 6.45) is 0.311. The molecule has 120 valence electrons. The number of ether oxygens (including phenoxy) is 1. The van der Waals surface area contributed by atoms with Gasteiger partial charge in [-0.1, -0.05) is 0 Å². The van der Waals surface area contributed by atoms with Gasteiger partial charge in [-0.2, -0.15) is 5.26 Å². The Hall–Kier alpha value is -2.33. The lowest BCUT2D eigenvalue weighted by molar-refractivity contribution is -0.130. The predicted molar refractivity (Wildman–Crippen MR) is 79.0 cm³/mol. The number of nitrogens with zero attached hydrogens (tertiary/aromatic N) is 3. The summed E-state index contributed by atoms with van der Waals surface area (Å²) in [5, 5.41) is 8.52. The zero-order chi connectivity index (χ0) is 16.7. The van der Waals surface area contributed by atoms with Gasteiger partial charge in [0, 0.05) is 13.6 Å². The monoisotopic (exact) mass is 307 g/mol. The molecular weight excluding hydrogens is 286 g/mol. The number of amides is 1. The van der Waals surface area contributed by atoms with E-state index in [1.807, 2.05) is 6.07 Å². The smallest absolute Gasteiger partial charge is 0.341 e. The van der Waals surface area contributed by atoms with Gasteiger partial charge in [0.15, 0.2) is 0 Å². The number of carbonyl (C=O) groups is 2. The molecule has 0 aromatic carbocycles. The Kier molecular flexibility index (Phi) is 6.60. The molecule has 7 nitrogen and oxygen atoms in total. The summed E-state index contributed by atoms with van der Waals surface area (Å²) < 4.78 is 10.2. The number of carbonyl (C=O) groups excluding carboxylic acids is 2. The van der Waals surface area contributed by atoms with Crippen molar-refractivity contribution in [1.29, 1.82) is 5.26 Å². The van der Waals surface area contributed by atoms with E-state index in [1.165, 1.54) is 12.0 Å². The maximum Gasteiger partial charge on any atom is 0.341 e. The van der Waals surface area contributed by atoms with Crippen molar-refractivity contribution in [2.45, 2.75) is 19.9 Å². The van der Waals surface area contributed by atoms with Crippen molar-refractivity contribution in [1.82, 2.24) is 9.80 Å². The molecular formula is C15H21N3O4. The summed E-state index contributed by atoms with van der Waals surface area (Å²) in [4.78, 5) is 26.8. The third-order valence-electron chi connectivity index (χ3n) is 3.19. The van der Waals surface area contributed by atoms with Gasteiger partial charge in [0.05, 0.1) is 32.7 Å². The van der Waals surface area contributed by atoms with Crippen LogP contribution in [0.3, 0.4) is 0 Å². The van der Waals surface area contributed by atoms with Crippen LogP contribution in [0.5, 0.6) is 0 Å². The first-order chi connectivity index (χ1) is 10.4. The standard InChI is InChI=1S/C15H21N3O4/c1-11-13(15(20)21-4)8-12(22-11)9-17(2)10-14(19)18(3)7-5-6-16/h8H,5,7,9-10H2,1-4H3. The fourth-order valence-corrected chi connectivity index (χ4v) is 1.95. The maximum absolute atomic E-state index is 11.9. The number of rotatable bonds is 7. The molecule has 0 aliphatic heterocycles. The minimum atomic E-state index is -0.442. The molecule has 0 fully saturated rings. The minimum absolute atomic E-state index is 0.0748. The number of nitriles is 1. The van der Waals surface area contributed by atoms with E-state index in [-0.39, 0.29) is 12.5 Å². The number of aryl methyl sites for hydroxylation is 1. The van der Waals surface area contributed by atoms with Gasteiger partial charge in [0.25, 0.3) is 0 Å². The summed E-state index contributed by atoms with van der Waals surface area (Å²) in [6, 6.07) is 3.63. The average Bonchev–Trinajstić information content (AvgIpc) is 2.83. The van der Waals surface area contributed by atoms with Crippen molar-refractivity contribution < 1.29 is 18.7 Å². The highest BCUT2D eigenvalue weighted by Gasteiger charge is 2.17. The number of hydrogen-bond acceptors (Lipinski definition) is 6. The van der Waals surface area contributed by atoms with E-state index in [9.17, 15) is 9.59 Å². The van der Waals surface area contributed by atoms with Crippen LogP contribution in [0.15, 0.2) is 10.5 Å². The molecule has 0 bridgehead atoms. The van der Waals surface area contributed by atoms with Crippen molar-refractivity contribution in [3.63, 3.8) is 0 Å².